The van der Waals surface area contributed by atoms with Crippen LogP contribution in [0, 0.1) is 0 Å². The third kappa shape index (κ3) is 3.37. The fourth-order valence-corrected chi connectivity index (χ4v) is 3.54. The first-order valence-corrected chi connectivity index (χ1v) is 8.79. The zero-order valence-electron chi connectivity index (χ0n) is 12.8. The summed E-state index contributed by atoms with van der Waals surface area (Å²) in [7, 11) is -2.48. The third-order valence-electron chi connectivity index (χ3n) is 3.41. The molecule has 0 saturated carbocycles. The van der Waals surface area contributed by atoms with Crippen molar-refractivity contribution in [1.29, 1.82) is 0 Å². The van der Waals surface area contributed by atoms with Gasteiger partial charge < -0.3 is 14.7 Å². The number of methoxy groups -OCH3 is 1. The lowest BCUT2D eigenvalue weighted by molar-refractivity contribution is 0.415. The number of nitrogens with one attached hydrogen (secondary N) is 3. The molecule has 1 heterocycles. The molecule has 0 amide bonds. The van der Waals surface area contributed by atoms with Gasteiger partial charge in [-0.2, -0.15) is 0 Å². The molecular weight excluding hydrogens is 370 g/mol. The second-order valence-corrected chi connectivity index (χ2v) is 7.16. The number of anilines is 1. The van der Waals surface area contributed by atoms with Crippen molar-refractivity contribution in [3.63, 3.8) is 0 Å². The number of sulfonamides is 1. The van der Waals surface area contributed by atoms with E-state index in [1.807, 2.05) is 0 Å². The van der Waals surface area contributed by atoms with Gasteiger partial charge in [-0.15, -0.1) is 0 Å². The fourth-order valence-electron chi connectivity index (χ4n) is 2.21. The van der Waals surface area contributed by atoms with Crippen LogP contribution in [0.4, 0.5) is 5.69 Å². The molecule has 0 fully saturated rings. The van der Waals surface area contributed by atoms with Gasteiger partial charge in [-0.3, -0.25) is 14.3 Å². The van der Waals surface area contributed by atoms with Crippen molar-refractivity contribution in [3.8, 4) is 5.75 Å². The molecule has 0 atom stereocenters. The zero-order chi connectivity index (χ0) is 18.2. The van der Waals surface area contributed by atoms with Crippen LogP contribution in [0.3, 0.4) is 0 Å². The number of ether oxygens (including phenoxy) is 1. The molecule has 130 valence electrons. The normalized spacial score (nSPS) is 11.4. The maximum atomic E-state index is 12.5. The van der Waals surface area contributed by atoms with Gasteiger partial charge in [-0.25, -0.2) is 8.42 Å². The van der Waals surface area contributed by atoms with Crippen LogP contribution in [0.25, 0.3) is 11.0 Å². The predicted octanol–water partition coefficient (Wildman–Crippen LogP) is 1.68. The lowest BCUT2D eigenvalue weighted by Crippen LogP contribution is -2.29. The SMILES string of the molecule is COc1ccc(NS(=O)(=O)c2ccc3[nH]c(=O)c(=O)[nH]c3c2)cc1Cl. The summed E-state index contributed by atoms with van der Waals surface area (Å²) < 4.78 is 32.4. The zero-order valence-corrected chi connectivity index (χ0v) is 14.4. The highest BCUT2D eigenvalue weighted by atomic mass is 35.5. The molecule has 0 unspecified atom stereocenters. The van der Waals surface area contributed by atoms with Gasteiger partial charge in [0.15, 0.2) is 0 Å². The van der Waals surface area contributed by atoms with Gasteiger partial charge in [0.2, 0.25) is 0 Å². The smallest absolute Gasteiger partial charge is 0.314 e. The number of rotatable bonds is 4. The number of halogens is 1. The van der Waals surface area contributed by atoms with E-state index in [0.29, 0.717) is 11.3 Å². The summed E-state index contributed by atoms with van der Waals surface area (Å²) >= 11 is 5.98. The quantitative estimate of drug-likeness (QED) is 0.593. The van der Waals surface area contributed by atoms with Crippen LogP contribution in [0.2, 0.25) is 5.02 Å². The Morgan fingerprint density at radius 3 is 2.32 bits per heavy atom. The van der Waals surface area contributed by atoms with Gasteiger partial charge in [-0.05, 0) is 36.4 Å². The summed E-state index contributed by atoms with van der Waals surface area (Å²) in [6, 6.07) is 8.40. The van der Waals surface area contributed by atoms with Gasteiger partial charge in [-0.1, -0.05) is 11.6 Å². The molecule has 0 spiro atoms. The van der Waals surface area contributed by atoms with Gasteiger partial charge >= 0.3 is 11.1 Å². The first-order chi connectivity index (χ1) is 11.8. The summed E-state index contributed by atoms with van der Waals surface area (Å²) in [6.45, 7) is 0. The molecule has 0 aliphatic carbocycles. The third-order valence-corrected chi connectivity index (χ3v) is 5.08. The molecule has 0 aliphatic heterocycles. The number of fused-ring (bicyclic) bond motifs is 1. The number of hydrogen-bond acceptors (Lipinski definition) is 5. The van der Waals surface area contributed by atoms with E-state index >= 15 is 0 Å². The molecule has 0 bridgehead atoms. The molecule has 3 aromatic rings. The molecule has 8 nitrogen and oxygen atoms in total. The maximum Gasteiger partial charge on any atom is 0.314 e. The van der Waals surface area contributed by atoms with Gasteiger partial charge in [0.1, 0.15) is 5.75 Å². The molecule has 0 aliphatic rings. The Labute approximate surface area is 146 Å². The topological polar surface area (TPSA) is 121 Å². The molecule has 0 radical (unpaired) electrons. The summed E-state index contributed by atoms with van der Waals surface area (Å²) in [6.07, 6.45) is 0. The molecule has 0 saturated heterocycles. The second-order valence-electron chi connectivity index (χ2n) is 5.07. The van der Waals surface area contributed by atoms with Crippen molar-refractivity contribution in [1.82, 2.24) is 9.97 Å². The van der Waals surface area contributed by atoms with Gasteiger partial charge in [0.05, 0.1) is 33.7 Å². The molecular formula is C15H12ClN3O5S. The Bertz CT molecular complexity index is 1180. The van der Waals surface area contributed by atoms with Crippen molar-refractivity contribution in [3.05, 3.63) is 62.1 Å². The van der Waals surface area contributed by atoms with Crippen LogP contribution in [0.5, 0.6) is 5.75 Å². The highest BCUT2D eigenvalue weighted by Crippen LogP contribution is 2.28. The number of aromatic nitrogens is 2. The first kappa shape index (κ1) is 17.1. The Kier molecular flexibility index (Phi) is 4.27. The average molecular weight is 382 g/mol. The molecule has 3 rings (SSSR count). The minimum atomic E-state index is -3.93. The van der Waals surface area contributed by atoms with Crippen molar-refractivity contribution in [2.75, 3.05) is 11.8 Å². The van der Waals surface area contributed by atoms with E-state index in [9.17, 15) is 18.0 Å². The summed E-state index contributed by atoms with van der Waals surface area (Å²) in [5.74, 6) is 0.414. The predicted molar refractivity (Wildman–Crippen MR) is 94.0 cm³/mol. The van der Waals surface area contributed by atoms with Crippen LogP contribution >= 0.6 is 11.6 Å². The van der Waals surface area contributed by atoms with E-state index in [1.54, 1.807) is 0 Å². The highest BCUT2D eigenvalue weighted by molar-refractivity contribution is 7.92. The van der Waals surface area contributed by atoms with E-state index in [-0.39, 0.29) is 21.1 Å². The number of hydrogen-bond donors (Lipinski definition) is 3. The van der Waals surface area contributed by atoms with E-state index in [1.165, 1.54) is 43.5 Å². The van der Waals surface area contributed by atoms with E-state index < -0.39 is 21.1 Å². The number of aromatic amines is 2. The highest BCUT2D eigenvalue weighted by Gasteiger charge is 2.16. The molecule has 25 heavy (non-hydrogen) atoms. The first-order valence-electron chi connectivity index (χ1n) is 6.93. The minimum Gasteiger partial charge on any atom is -0.495 e. The fraction of sp³-hybridized carbons (Fsp3) is 0.0667. The van der Waals surface area contributed by atoms with E-state index in [2.05, 4.69) is 14.7 Å². The number of benzene rings is 2. The minimum absolute atomic E-state index is 0.0883. The van der Waals surface area contributed by atoms with Crippen molar-refractivity contribution in [2.24, 2.45) is 0 Å². The van der Waals surface area contributed by atoms with Crippen molar-refractivity contribution in [2.45, 2.75) is 4.90 Å². The summed E-state index contributed by atoms with van der Waals surface area (Å²) in [5, 5.41) is 0.253. The van der Waals surface area contributed by atoms with Gasteiger partial charge in [0, 0.05) is 0 Å². The average Bonchev–Trinajstić information content (AvgIpc) is 2.55. The number of H-pyrrole nitrogens is 2. The second kappa shape index (κ2) is 6.26. The molecule has 1 aromatic heterocycles. The standard InChI is InChI=1S/C15H12ClN3O5S/c1-24-13-5-2-8(6-10(13)16)19-25(22,23)9-3-4-11-12(7-9)18-15(21)14(20)17-11/h2-7,19H,1H3,(H,17,20)(H,18,21). The van der Waals surface area contributed by atoms with Crippen LogP contribution < -0.4 is 20.6 Å². The lowest BCUT2D eigenvalue weighted by Gasteiger charge is -2.10. The summed E-state index contributed by atoms with van der Waals surface area (Å²) in [5.41, 5.74) is -0.914. The van der Waals surface area contributed by atoms with Gasteiger partial charge in [0.25, 0.3) is 10.0 Å². The Balaban J connectivity index is 2.01. The Hall–Kier alpha value is -2.78. The van der Waals surface area contributed by atoms with Crippen LogP contribution in [-0.4, -0.2) is 25.5 Å². The summed E-state index contributed by atoms with van der Waals surface area (Å²) in [4.78, 5) is 27.3. The van der Waals surface area contributed by atoms with Crippen LogP contribution in [0.15, 0.2) is 50.9 Å². The van der Waals surface area contributed by atoms with E-state index in [4.69, 9.17) is 16.3 Å². The van der Waals surface area contributed by atoms with Crippen molar-refractivity contribution >= 4 is 38.3 Å². The van der Waals surface area contributed by atoms with Crippen molar-refractivity contribution < 1.29 is 13.2 Å². The van der Waals surface area contributed by atoms with Crippen LogP contribution in [0.1, 0.15) is 0 Å². The lowest BCUT2D eigenvalue weighted by atomic mass is 10.3. The Morgan fingerprint density at radius 2 is 1.68 bits per heavy atom. The van der Waals surface area contributed by atoms with Crippen LogP contribution in [-0.2, 0) is 10.0 Å². The monoisotopic (exact) mass is 381 g/mol. The molecule has 3 N–H and O–H groups in total. The maximum absolute atomic E-state index is 12.5. The Morgan fingerprint density at radius 1 is 1.00 bits per heavy atom. The molecule has 2 aromatic carbocycles. The molecule has 10 heteroatoms. The largest absolute Gasteiger partial charge is 0.495 e. The van der Waals surface area contributed by atoms with E-state index in [0.717, 1.165) is 0 Å².